The van der Waals surface area contributed by atoms with Gasteiger partial charge in [0.2, 0.25) is 5.91 Å². The molecule has 0 aromatic rings. The van der Waals surface area contributed by atoms with Crippen molar-refractivity contribution in [1.82, 2.24) is 10.2 Å². The minimum absolute atomic E-state index is 0.000648. The molecule has 100 valence electrons. The van der Waals surface area contributed by atoms with Gasteiger partial charge >= 0.3 is 5.97 Å². The smallest absolute Gasteiger partial charge is 0.315 e. The third-order valence-electron chi connectivity index (χ3n) is 2.45. The summed E-state index contributed by atoms with van der Waals surface area (Å²) in [6.45, 7) is 6.28. The van der Waals surface area contributed by atoms with Crippen molar-refractivity contribution in [3.05, 3.63) is 0 Å². The van der Waals surface area contributed by atoms with Crippen LogP contribution in [-0.2, 0) is 9.59 Å². The second-order valence-electron chi connectivity index (χ2n) is 5.16. The first-order valence-electron chi connectivity index (χ1n) is 5.92. The van der Waals surface area contributed by atoms with Crippen LogP contribution in [0.25, 0.3) is 0 Å². The van der Waals surface area contributed by atoms with Gasteiger partial charge in [0.15, 0.2) is 0 Å². The van der Waals surface area contributed by atoms with Gasteiger partial charge in [0, 0.05) is 12.6 Å². The van der Waals surface area contributed by atoms with Gasteiger partial charge in [-0.05, 0) is 33.4 Å². The number of carbonyl (C=O) groups excluding carboxylic acids is 1. The van der Waals surface area contributed by atoms with Crippen LogP contribution in [0, 0.1) is 11.8 Å². The van der Waals surface area contributed by atoms with Crippen LogP contribution in [0.3, 0.4) is 0 Å². The predicted molar refractivity (Wildman–Crippen MR) is 66.7 cm³/mol. The van der Waals surface area contributed by atoms with E-state index < -0.39 is 17.8 Å². The quantitative estimate of drug-likeness (QED) is 0.650. The minimum Gasteiger partial charge on any atom is -0.481 e. The van der Waals surface area contributed by atoms with E-state index in [-0.39, 0.29) is 6.04 Å². The van der Waals surface area contributed by atoms with Crippen molar-refractivity contribution in [3.63, 3.8) is 0 Å². The lowest BCUT2D eigenvalue weighted by Crippen LogP contribution is -2.45. The second kappa shape index (κ2) is 7.27. The van der Waals surface area contributed by atoms with Crippen molar-refractivity contribution in [2.24, 2.45) is 11.8 Å². The maximum Gasteiger partial charge on any atom is 0.315 e. The molecule has 1 amide bonds. The molecule has 2 atom stereocenters. The number of carboxylic acid groups (broad SMARTS) is 1. The molecule has 0 fully saturated rings. The molecule has 0 bridgehead atoms. The highest BCUT2D eigenvalue weighted by Crippen LogP contribution is 2.07. The summed E-state index contributed by atoms with van der Waals surface area (Å²) in [5.74, 6) is -2.03. The van der Waals surface area contributed by atoms with Crippen molar-refractivity contribution in [2.75, 3.05) is 20.6 Å². The van der Waals surface area contributed by atoms with Gasteiger partial charge < -0.3 is 15.3 Å². The van der Waals surface area contributed by atoms with E-state index in [2.05, 4.69) is 19.2 Å². The van der Waals surface area contributed by atoms with Crippen LogP contribution in [0.4, 0.5) is 0 Å². The van der Waals surface area contributed by atoms with E-state index in [0.29, 0.717) is 5.92 Å². The highest BCUT2D eigenvalue weighted by atomic mass is 16.4. The maximum atomic E-state index is 11.6. The summed E-state index contributed by atoms with van der Waals surface area (Å²) < 4.78 is 0. The largest absolute Gasteiger partial charge is 0.481 e. The topological polar surface area (TPSA) is 69.6 Å². The Labute approximate surface area is 103 Å². The Morgan fingerprint density at radius 2 is 1.76 bits per heavy atom. The van der Waals surface area contributed by atoms with Crippen LogP contribution in [0.2, 0.25) is 0 Å². The highest BCUT2D eigenvalue weighted by molar-refractivity contribution is 5.96. The van der Waals surface area contributed by atoms with Crippen LogP contribution in [0.5, 0.6) is 0 Å². The summed E-state index contributed by atoms with van der Waals surface area (Å²) in [4.78, 5) is 24.3. The Bertz CT molecular complexity index is 254. The maximum absolute atomic E-state index is 11.6. The lowest BCUT2D eigenvalue weighted by atomic mass is 10.0. The highest BCUT2D eigenvalue weighted by Gasteiger charge is 2.23. The summed E-state index contributed by atoms with van der Waals surface area (Å²) in [5, 5.41) is 11.6. The monoisotopic (exact) mass is 244 g/mol. The van der Waals surface area contributed by atoms with Crippen molar-refractivity contribution >= 4 is 11.9 Å². The SMILES string of the molecule is CC(C)CC(CN(C)C)NC(=O)C(C)C(=O)O. The van der Waals surface area contributed by atoms with Crippen LogP contribution in [-0.4, -0.2) is 48.6 Å². The Morgan fingerprint density at radius 3 is 2.12 bits per heavy atom. The third kappa shape index (κ3) is 6.94. The fraction of sp³-hybridized carbons (Fsp3) is 0.833. The van der Waals surface area contributed by atoms with Gasteiger partial charge in [0.05, 0.1) is 0 Å². The van der Waals surface area contributed by atoms with E-state index in [0.717, 1.165) is 13.0 Å². The first-order chi connectivity index (χ1) is 7.73. The standard InChI is InChI=1S/C12H24N2O3/c1-8(2)6-10(7-14(4)5)13-11(15)9(3)12(16)17/h8-10H,6-7H2,1-5H3,(H,13,15)(H,16,17). The molecule has 0 aliphatic rings. The van der Waals surface area contributed by atoms with Gasteiger partial charge in [-0.1, -0.05) is 13.8 Å². The molecule has 5 nitrogen and oxygen atoms in total. The number of amides is 1. The average molecular weight is 244 g/mol. The predicted octanol–water partition coefficient (Wildman–Crippen LogP) is 0.800. The molecule has 0 aliphatic carbocycles. The van der Waals surface area contributed by atoms with Gasteiger partial charge in [0.25, 0.3) is 0 Å². The van der Waals surface area contributed by atoms with Crippen molar-refractivity contribution in [3.8, 4) is 0 Å². The third-order valence-corrected chi connectivity index (χ3v) is 2.45. The molecule has 0 aliphatic heterocycles. The molecule has 0 saturated carbocycles. The van der Waals surface area contributed by atoms with E-state index >= 15 is 0 Å². The number of nitrogens with one attached hydrogen (secondary N) is 1. The molecule has 0 spiro atoms. The van der Waals surface area contributed by atoms with E-state index in [1.807, 2.05) is 19.0 Å². The number of carbonyl (C=O) groups is 2. The van der Waals surface area contributed by atoms with Crippen molar-refractivity contribution in [2.45, 2.75) is 33.2 Å². The molecule has 5 heteroatoms. The zero-order chi connectivity index (χ0) is 13.6. The molecule has 17 heavy (non-hydrogen) atoms. The number of rotatable bonds is 7. The Kier molecular flexibility index (Phi) is 6.80. The number of aliphatic carboxylic acids is 1. The Balaban J connectivity index is 4.41. The van der Waals surface area contributed by atoms with Gasteiger partial charge in [-0.25, -0.2) is 0 Å². The summed E-state index contributed by atoms with van der Waals surface area (Å²) in [6.07, 6.45) is 0.844. The number of hydrogen-bond acceptors (Lipinski definition) is 3. The Morgan fingerprint density at radius 1 is 1.24 bits per heavy atom. The minimum atomic E-state index is -1.09. The molecule has 0 aromatic heterocycles. The summed E-state index contributed by atoms with van der Waals surface area (Å²) in [6, 6.07) is -0.000648. The fourth-order valence-corrected chi connectivity index (χ4v) is 1.63. The molecule has 0 saturated heterocycles. The molecule has 0 heterocycles. The molecule has 2 unspecified atom stereocenters. The van der Waals surface area contributed by atoms with Gasteiger partial charge in [-0.3, -0.25) is 9.59 Å². The van der Waals surface area contributed by atoms with Crippen LogP contribution in [0.15, 0.2) is 0 Å². The van der Waals surface area contributed by atoms with E-state index in [1.165, 1.54) is 6.92 Å². The van der Waals surface area contributed by atoms with Gasteiger partial charge in [-0.15, -0.1) is 0 Å². The molecular formula is C12H24N2O3. The number of carboxylic acids is 1. The Hall–Kier alpha value is -1.10. The summed E-state index contributed by atoms with van der Waals surface area (Å²) >= 11 is 0. The zero-order valence-electron chi connectivity index (χ0n) is 11.4. The number of likely N-dealkylation sites (N-methyl/N-ethyl adjacent to an activating group) is 1. The number of hydrogen-bond donors (Lipinski definition) is 2. The average Bonchev–Trinajstić information content (AvgIpc) is 2.13. The molecule has 2 N–H and O–H groups in total. The first kappa shape index (κ1) is 15.9. The van der Waals surface area contributed by atoms with Crippen LogP contribution >= 0.6 is 0 Å². The zero-order valence-corrected chi connectivity index (χ0v) is 11.4. The summed E-state index contributed by atoms with van der Waals surface area (Å²) in [5.41, 5.74) is 0. The normalized spacial score (nSPS) is 14.8. The molecule has 0 radical (unpaired) electrons. The first-order valence-corrected chi connectivity index (χ1v) is 5.92. The lowest BCUT2D eigenvalue weighted by Gasteiger charge is -2.24. The van der Waals surface area contributed by atoms with Crippen LogP contribution in [0.1, 0.15) is 27.2 Å². The summed E-state index contributed by atoms with van der Waals surface area (Å²) in [7, 11) is 3.86. The fourth-order valence-electron chi connectivity index (χ4n) is 1.63. The van der Waals surface area contributed by atoms with Crippen LogP contribution < -0.4 is 5.32 Å². The van der Waals surface area contributed by atoms with Gasteiger partial charge in [0.1, 0.15) is 5.92 Å². The molecule has 0 aromatic carbocycles. The van der Waals surface area contributed by atoms with E-state index in [1.54, 1.807) is 0 Å². The molecular weight excluding hydrogens is 220 g/mol. The van der Waals surface area contributed by atoms with Crippen molar-refractivity contribution in [1.29, 1.82) is 0 Å². The lowest BCUT2D eigenvalue weighted by molar-refractivity contribution is -0.146. The molecule has 0 rings (SSSR count). The number of nitrogens with zero attached hydrogens (tertiary/aromatic N) is 1. The van der Waals surface area contributed by atoms with Crippen molar-refractivity contribution < 1.29 is 14.7 Å². The van der Waals surface area contributed by atoms with Gasteiger partial charge in [-0.2, -0.15) is 0 Å². The second-order valence-corrected chi connectivity index (χ2v) is 5.16. The van der Waals surface area contributed by atoms with E-state index in [9.17, 15) is 9.59 Å². The van der Waals surface area contributed by atoms with E-state index in [4.69, 9.17) is 5.11 Å².